The zero-order valence-electron chi connectivity index (χ0n) is 8.90. The normalized spacial score (nSPS) is 19.4. The molecular formula is C11H11BrCl2N2O. The van der Waals surface area contributed by atoms with Crippen molar-refractivity contribution < 1.29 is 4.79 Å². The van der Waals surface area contributed by atoms with Crippen molar-refractivity contribution in [2.24, 2.45) is 0 Å². The Morgan fingerprint density at radius 1 is 1.41 bits per heavy atom. The summed E-state index contributed by atoms with van der Waals surface area (Å²) in [6.45, 7) is 0.875. The summed E-state index contributed by atoms with van der Waals surface area (Å²) in [5.74, 6) is -0.0892. The summed E-state index contributed by atoms with van der Waals surface area (Å²) >= 11 is 15.4. The monoisotopic (exact) mass is 336 g/mol. The van der Waals surface area contributed by atoms with E-state index in [-0.39, 0.29) is 11.9 Å². The van der Waals surface area contributed by atoms with E-state index < -0.39 is 0 Å². The summed E-state index contributed by atoms with van der Waals surface area (Å²) in [7, 11) is 0. The minimum absolute atomic E-state index is 0.0892. The van der Waals surface area contributed by atoms with Crippen molar-refractivity contribution in [3.05, 3.63) is 26.7 Å². The van der Waals surface area contributed by atoms with Crippen LogP contribution >= 0.6 is 39.1 Å². The first-order valence-corrected chi connectivity index (χ1v) is 6.81. The van der Waals surface area contributed by atoms with Crippen LogP contribution in [-0.4, -0.2) is 18.5 Å². The third kappa shape index (κ3) is 3.13. The molecule has 0 saturated carbocycles. The van der Waals surface area contributed by atoms with Gasteiger partial charge in [-0.15, -0.1) is 0 Å². The number of benzene rings is 1. The zero-order chi connectivity index (χ0) is 12.4. The SMILES string of the molecule is O=C(Nc1c(Cl)cc(Br)cc1Cl)[C@@H]1CCCN1. The molecule has 0 radical (unpaired) electrons. The fourth-order valence-electron chi connectivity index (χ4n) is 1.78. The van der Waals surface area contributed by atoms with Gasteiger partial charge in [-0.1, -0.05) is 39.1 Å². The predicted octanol–water partition coefficient (Wildman–Crippen LogP) is 3.45. The lowest BCUT2D eigenvalue weighted by Gasteiger charge is -2.13. The molecule has 1 saturated heterocycles. The van der Waals surface area contributed by atoms with Gasteiger partial charge in [-0.05, 0) is 31.5 Å². The van der Waals surface area contributed by atoms with E-state index in [4.69, 9.17) is 23.2 Å². The molecule has 2 N–H and O–H groups in total. The van der Waals surface area contributed by atoms with Crippen molar-refractivity contribution in [2.75, 3.05) is 11.9 Å². The zero-order valence-corrected chi connectivity index (χ0v) is 12.0. The summed E-state index contributed by atoms with van der Waals surface area (Å²) in [6, 6.07) is 3.25. The lowest BCUT2D eigenvalue weighted by molar-refractivity contribution is -0.117. The van der Waals surface area contributed by atoms with E-state index in [0.717, 1.165) is 23.9 Å². The molecule has 1 aromatic rings. The highest BCUT2D eigenvalue weighted by molar-refractivity contribution is 9.10. The molecule has 0 unspecified atom stereocenters. The van der Waals surface area contributed by atoms with Gasteiger partial charge in [-0.2, -0.15) is 0 Å². The first-order chi connectivity index (χ1) is 8.08. The van der Waals surface area contributed by atoms with Gasteiger partial charge < -0.3 is 10.6 Å². The Hall–Kier alpha value is -0.290. The third-order valence-electron chi connectivity index (χ3n) is 2.63. The maximum absolute atomic E-state index is 11.9. The van der Waals surface area contributed by atoms with Crippen LogP contribution in [-0.2, 0) is 4.79 Å². The van der Waals surface area contributed by atoms with Gasteiger partial charge in [0, 0.05) is 4.47 Å². The Balaban J connectivity index is 2.15. The molecule has 3 nitrogen and oxygen atoms in total. The molecule has 0 aromatic heterocycles. The summed E-state index contributed by atoms with van der Waals surface area (Å²) < 4.78 is 0.782. The lowest BCUT2D eigenvalue weighted by Crippen LogP contribution is -2.35. The van der Waals surface area contributed by atoms with Gasteiger partial charge in [0.1, 0.15) is 0 Å². The van der Waals surface area contributed by atoms with E-state index in [1.165, 1.54) is 0 Å². The molecule has 1 aromatic carbocycles. The van der Waals surface area contributed by atoms with E-state index in [0.29, 0.717) is 15.7 Å². The molecule has 0 bridgehead atoms. The first-order valence-electron chi connectivity index (χ1n) is 5.26. The highest BCUT2D eigenvalue weighted by Gasteiger charge is 2.23. The van der Waals surface area contributed by atoms with Crippen LogP contribution in [0.1, 0.15) is 12.8 Å². The van der Waals surface area contributed by atoms with E-state index in [1.807, 2.05) is 0 Å². The van der Waals surface area contributed by atoms with Gasteiger partial charge >= 0.3 is 0 Å². The van der Waals surface area contributed by atoms with Crippen LogP contribution in [0.3, 0.4) is 0 Å². The van der Waals surface area contributed by atoms with Gasteiger partial charge in [0.15, 0.2) is 0 Å². The molecule has 0 aliphatic carbocycles. The van der Waals surface area contributed by atoms with Crippen molar-refractivity contribution in [1.29, 1.82) is 0 Å². The van der Waals surface area contributed by atoms with Gasteiger partial charge in [0.25, 0.3) is 0 Å². The van der Waals surface area contributed by atoms with Crippen molar-refractivity contribution in [3.63, 3.8) is 0 Å². The predicted molar refractivity (Wildman–Crippen MR) is 73.8 cm³/mol. The second-order valence-electron chi connectivity index (χ2n) is 3.88. The molecule has 92 valence electrons. The van der Waals surface area contributed by atoms with Crippen molar-refractivity contribution >= 4 is 50.7 Å². The summed E-state index contributed by atoms with van der Waals surface area (Å²) in [5, 5.41) is 6.73. The van der Waals surface area contributed by atoms with Gasteiger partial charge in [-0.3, -0.25) is 4.79 Å². The van der Waals surface area contributed by atoms with E-state index in [9.17, 15) is 4.79 Å². The smallest absolute Gasteiger partial charge is 0.241 e. The topological polar surface area (TPSA) is 41.1 Å². The minimum atomic E-state index is -0.147. The van der Waals surface area contributed by atoms with Crippen LogP contribution in [0.4, 0.5) is 5.69 Å². The highest BCUT2D eigenvalue weighted by Crippen LogP contribution is 2.34. The molecule has 1 heterocycles. The molecule has 1 aliphatic heterocycles. The fourth-order valence-corrected chi connectivity index (χ4v) is 3.08. The Bertz CT molecular complexity index is 424. The second-order valence-corrected chi connectivity index (χ2v) is 5.61. The van der Waals surface area contributed by atoms with Gasteiger partial charge in [-0.25, -0.2) is 0 Å². The second kappa shape index (κ2) is 5.57. The average Bonchev–Trinajstić information content (AvgIpc) is 2.76. The number of halogens is 3. The van der Waals surface area contributed by atoms with E-state index in [1.54, 1.807) is 12.1 Å². The van der Waals surface area contributed by atoms with Crippen LogP contribution < -0.4 is 10.6 Å². The van der Waals surface area contributed by atoms with Crippen molar-refractivity contribution in [1.82, 2.24) is 5.32 Å². The summed E-state index contributed by atoms with van der Waals surface area (Å²) in [5.41, 5.74) is 0.468. The minimum Gasteiger partial charge on any atom is -0.322 e. The van der Waals surface area contributed by atoms with Crippen LogP contribution in [0.25, 0.3) is 0 Å². The van der Waals surface area contributed by atoms with Crippen LogP contribution in [0.2, 0.25) is 10.0 Å². The number of hydrogen-bond donors (Lipinski definition) is 2. The standard InChI is InChI=1S/C11H11BrCl2N2O/c12-6-4-7(13)10(8(14)5-6)16-11(17)9-2-1-3-15-9/h4-5,9,15H,1-3H2,(H,16,17)/t9-/m0/s1. The summed E-state index contributed by atoms with van der Waals surface area (Å²) in [6.07, 6.45) is 1.86. The Morgan fingerprint density at radius 2 is 2.06 bits per heavy atom. The average molecular weight is 338 g/mol. The van der Waals surface area contributed by atoms with E-state index >= 15 is 0 Å². The molecule has 1 fully saturated rings. The first kappa shape index (κ1) is 13.1. The van der Waals surface area contributed by atoms with Gasteiger partial charge in [0.05, 0.1) is 21.8 Å². The van der Waals surface area contributed by atoms with E-state index in [2.05, 4.69) is 26.6 Å². The molecule has 0 spiro atoms. The molecule has 1 aliphatic rings. The van der Waals surface area contributed by atoms with Crippen LogP contribution in [0.5, 0.6) is 0 Å². The Labute approximate surface area is 118 Å². The number of carbonyl (C=O) groups excluding carboxylic acids is 1. The number of amides is 1. The molecule has 6 heteroatoms. The maximum atomic E-state index is 11.9. The van der Waals surface area contributed by atoms with Crippen molar-refractivity contribution in [3.8, 4) is 0 Å². The third-order valence-corrected chi connectivity index (χ3v) is 3.69. The van der Waals surface area contributed by atoms with Crippen LogP contribution in [0.15, 0.2) is 16.6 Å². The molecule has 1 atom stereocenters. The number of hydrogen-bond acceptors (Lipinski definition) is 2. The molecule has 2 rings (SSSR count). The fraction of sp³-hybridized carbons (Fsp3) is 0.364. The molecule has 1 amide bonds. The summed E-state index contributed by atoms with van der Waals surface area (Å²) in [4.78, 5) is 11.9. The molecular weight excluding hydrogens is 327 g/mol. The largest absolute Gasteiger partial charge is 0.322 e. The number of anilines is 1. The molecule has 17 heavy (non-hydrogen) atoms. The maximum Gasteiger partial charge on any atom is 0.241 e. The quantitative estimate of drug-likeness (QED) is 0.867. The Kier molecular flexibility index (Phi) is 4.31. The van der Waals surface area contributed by atoms with Crippen LogP contribution in [0, 0.1) is 0 Å². The van der Waals surface area contributed by atoms with Crippen molar-refractivity contribution in [2.45, 2.75) is 18.9 Å². The van der Waals surface area contributed by atoms with Gasteiger partial charge in [0.2, 0.25) is 5.91 Å². The number of nitrogens with one attached hydrogen (secondary N) is 2. The lowest BCUT2D eigenvalue weighted by atomic mass is 10.2. The Morgan fingerprint density at radius 3 is 2.59 bits per heavy atom. The number of rotatable bonds is 2. The number of carbonyl (C=O) groups is 1. The highest BCUT2D eigenvalue weighted by atomic mass is 79.9.